The molecule has 6 heteroatoms. The van der Waals surface area contributed by atoms with E-state index in [2.05, 4.69) is 35.6 Å². The second-order valence-electron chi connectivity index (χ2n) is 7.17. The van der Waals surface area contributed by atoms with E-state index in [1.807, 2.05) is 16.8 Å². The number of benzene rings is 1. The van der Waals surface area contributed by atoms with Crippen LogP contribution in [-0.2, 0) is 32.6 Å². The molecule has 0 amide bonds. The highest BCUT2D eigenvalue weighted by Gasteiger charge is 2.17. The first-order chi connectivity index (χ1) is 12.7. The first kappa shape index (κ1) is 17.5. The van der Waals surface area contributed by atoms with E-state index in [0.29, 0.717) is 6.67 Å². The van der Waals surface area contributed by atoms with Crippen LogP contribution in [0.5, 0.6) is 0 Å². The number of aromatic nitrogens is 3. The molecule has 1 aliphatic rings. The maximum absolute atomic E-state index is 6.03. The molecule has 138 valence electrons. The first-order valence-electron chi connectivity index (χ1n) is 9.51. The van der Waals surface area contributed by atoms with E-state index >= 15 is 0 Å². The van der Waals surface area contributed by atoms with Crippen LogP contribution in [-0.4, -0.2) is 26.3 Å². The fourth-order valence-electron chi connectivity index (χ4n) is 3.87. The Morgan fingerprint density at radius 1 is 1.23 bits per heavy atom. The molecule has 0 unspecified atom stereocenters. The number of fused-ring (bicyclic) bond motifs is 2. The summed E-state index contributed by atoms with van der Waals surface area (Å²) in [5.74, 6) is 2.21. The minimum atomic E-state index is 0.696. The summed E-state index contributed by atoms with van der Waals surface area (Å²) in [6.07, 6.45) is 5.61. The van der Waals surface area contributed by atoms with E-state index in [0.717, 1.165) is 47.9 Å². The highest BCUT2D eigenvalue weighted by molar-refractivity contribution is 7.71. The molecular formula is C20H26N4OS. The van der Waals surface area contributed by atoms with Gasteiger partial charge in [-0.3, -0.25) is 4.90 Å². The quantitative estimate of drug-likeness (QED) is 0.618. The van der Waals surface area contributed by atoms with Gasteiger partial charge in [-0.15, -0.1) is 0 Å². The van der Waals surface area contributed by atoms with Gasteiger partial charge in [0.2, 0.25) is 0 Å². The number of para-hydroxylation sites is 1. The molecular weight excluding hydrogens is 344 g/mol. The Morgan fingerprint density at radius 2 is 2.08 bits per heavy atom. The van der Waals surface area contributed by atoms with Gasteiger partial charge >= 0.3 is 0 Å². The van der Waals surface area contributed by atoms with Gasteiger partial charge in [-0.1, -0.05) is 31.5 Å². The lowest BCUT2D eigenvalue weighted by Gasteiger charge is -2.16. The molecule has 0 atom stereocenters. The summed E-state index contributed by atoms with van der Waals surface area (Å²) in [7, 11) is 2.12. The van der Waals surface area contributed by atoms with Crippen LogP contribution >= 0.6 is 12.2 Å². The van der Waals surface area contributed by atoms with Gasteiger partial charge < -0.3 is 8.98 Å². The Labute approximate surface area is 159 Å². The van der Waals surface area contributed by atoms with Crippen molar-refractivity contribution in [1.29, 1.82) is 0 Å². The molecule has 4 rings (SSSR count). The summed E-state index contributed by atoms with van der Waals surface area (Å²) in [6, 6.07) is 8.28. The SMILES string of the molecule is CCc1oc2ccccc2c1CN(C)Cn1nc2n(c1=S)CCCCC2. The van der Waals surface area contributed by atoms with E-state index in [1.165, 1.54) is 30.2 Å². The van der Waals surface area contributed by atoms with Crippen molar-refractivity contribution < 1.29 is 4.42 Å². The average Bonchev–Trinajstić information content (AvgIpc) is 3.02. The number of aryl methyl sites for hydroxylation is 2. The van der Waals surface area contributed by atoms with E-state index < -0.39 is 0 Å². The van der Waals surface area contributed by atoms with Gasteiger partial charge in [-0.2, -0.15) is 5.10 Å². The predicted molar refractivity (Wildman–Crippen MR) is 106 cm³/mol. The van der Waals surface area contributed by atoms with Crippen molar-refractivity contribution in [3.05, 3.63) is 46.2 Å². The zero-order chi connectivity index (χ0) is 18.1. The minimum absolute atomic E-state index is 0.696. The summed E-state index contributed by atoms with van der Waals surface area (Å²) in [5, 5.41) is 6.00. The lowest BCUT2D eigenvalue weighted by Crippen LogP contribution is -2.23. The Hall–Kier alpha value is -1.92. The summed E-state index contributed by atoms with van der Waals surface area (Å²) in [5.41, 5.74) is 2.25. The molecule has 1 aromatic carbocycles. The van der Waals surface area contributed by atoms with Crippen LogP contribution in [0.25, 0.3) is 11.0 Å². The van der Waals surface area contributed by atoms with E-state index in [1.54, 1.807) is 0 Å². The highest BCUT2D eigenvalue weighted by atomic mass is 32.1. The average molecular weight is 371 g/mol. The molecule has 0 saturated heterocycles. The molecule has 0 radical (unpaired) electrons. The maximum Gasteiger partial charge on any atom is 0.199 e. The van der Waals surface area contributed by atoms with Crippen molar-refractivity contribution in [2.75, 3.05) is 7.05 Å². The molecule has 0 bridgehead atoms. The van der Waals surface area contributed by atoms with Crippen LogP contribution in [0.3, 0.4) is 0 Å². The fraction of sp³-hybridized carbons (Fsp3) is 0.500. The van der Waals surface area contributed by atoms with Crippen molar-refractivity contribution in [2.45, 2.75) is 58.8 Å². The minimum Gasteiger partial charge on any atom is -0.461 e. The van der Waals surface area contributed by atoms with Crippen molar-refractivity contribution in [2.24, 2.45) is 0 Å². The molecule has 0 fully saturated rings. The van der Waals surface area contributed by atoms with Crippen LogP contribution in [0.1, 0.15) is 43.3 Å². The second-order valence-corrected chi connectivity index (χ2v) is 7.53. The monoisotopic (exact) mass is 370 g/mol. The molecule has 3 heterocycles. The van der Waals surface area contributed by atoms with Gasteiger partial charge in [0, 0.05) is 36.9 Å². The van der Waals surface area contributed by atoms with Crippen LogP contribution in [0.4, 0.5) is 0 Å². The number of furan rings is 1. The summed E-state index contributed by atoms with van der Waals surface area (Å²) in [4.78, 5) is 2.26. The zero-order valence-corrected chi connectivity index (χ0v) is 16.4. The lowest BCUT2D eigenvalue weighted by atomic mass is 10.1. The summed E-state index contributed by atoms with van der Waals surface area (Å²) < 4.78 is 11.1. The van der Waals surface area contributed by atoms with Gasteiger partial charge in [-0.25, -0.2) is 4.68 Å². The second kappa shape index (κ2) is 7.37. The van der Waals surface area contributed by atoms with Crippen molar-refractivity contribution in [3.8, 4) is 0 Å². The van der Waals surface area contributed by atoms with Crippen molar-refractivity contribution in [1.82, 2.24) is 19.2 Å². The zero-order valence-electron chi connectivity index (χ0n) is 15.6. The standard InChI is InChI=1S/C20H26N4OS/c1-3-17-16(15-9-6-7-10-18(15)25-17)13-22(2)14-24-20(26)23-12-8-4-5-11-19(23)21-24/h6-7,9-10H,3-5,8,11-14H2,1-2H3. The first-order valence-corrected chi connectivity index (χ1v) is 9.92. The van der Waals surface area contributed by atoms with Crippen LogP contribution in [0.15, 0.2) is 28.7 Å². The van der Waals surface area contributed by atoms with Gasteiger partial charge in [0.05, 0.1) is 6.67 Å². The molecule has 5 nitrogen and oxygen atoms in total. The molecule has 0 saturated carbocycles. The Balaban J connectivity index is 1.57. The van der Waals surface area contributed by atoms with Crippen molar-refractivity contribution >= 4 is 23.2 Å². The molecule has 26 heavy (non-hydrogen) atoms. The Kier molecular flexibility index (Phi) is 4.96. The van der Waals surface area contributed by atoms with E-state index in [9.17, 15) is 0 Å². The third-order valence-corrected chi connectivity index (χ3v) is 5.62. The molecule has 0 spiro atoms. The number of hydrogen-bond acceptors (Lipinski definition) is 4. The van der Waals surface area contributed by atoms with E-state index in [-0.39, 0.29) is 0 Å². The predicted octanol–water partition coefficient (Wildman–Crippen LogP) is 4.54. The smallest absolute Gasteiger partial charge is 0.199 e. The van der Waals surface area contributed by atoms with Gasteiger partial charge in [0.25, 0.3) is 0 Å². The number of nitrogens with zero attached hydrogens (tertiary/aromatic N) is 4. The maximum atomic E-state index is 6.03. The topological polar surface area (TPSA) is 39.1 Å². The molecule has 2 aromatic heterocycles. The summed E-state index contributed by atoms with van der Waals surface area (Å²) >= 11 is 5.68. The molecule has 0 aliphatic carbocycles. The Morgan fingerprint density at radius 3 is 2.92 bits per heavy atom. The third kappa shape index (κ3) is 3.23. The van der Waals surface area contributed by atoms with Crippen molar-refractivity contribution in [3.63, 3.8) is 0 Å². The third-order valence-electron chi connectivity index (χ3n) is 5.19. The Bertz CT molecular complexity index is 968. The summed E-state index contributed by atoms with van der Waals surface area (Å²) in [6.45, 7) is 4.67. The van der Waals surface area contributed by atoms with Gasteiger partial charge in [0.15, 0.2) is 4.77 Å². The molecule has 0 N–H and O–H groups in total. The number of hydrogen-bond donors (Lipinski definition) is 0. The number of rotatable bonds is 5. The molecule has 1 aliphatic heterocycles. The normalized spacial score (nSPS) is 14.7. The fourth-order valence-corrected chi connectivity index (χ4v) is 4.17. The van der Waals surface area contributed by atoms with Gasteiger partial charge in [-0.05, 0) is 38.2 Å². The van der Waals surface area contributed by atoms with Crippen LogP contribution in [0, 0.1) is 4.77 Å². The van der Waals surface area contributed by atoms with Crippen LogP contribution in [0.2, 0.25) is 0 Å². The lowest BCUT2D eigenvalue weighted by molar-refractivity contribution is 0.242. The van der Waals surface area contributed by atoms with E-state index in [4.69, 9.17) is 21.7 Å². The van der Waals surface area contributed by atoms with Gasteiger partial charge in [0.1, 0.15) is 17.2 Å². The molecule has 3 aromatic rings. The van der Waals surface area contributed by atoms with Crippen LogP contribution < -0.4 is 0 Å². The largest absolute Gasteiger partial charge is 0.461 e. The highest BCUT2D eigenvalue weighted by Crippen LogP contribution is 2.27.